The fourth-order valence-electron chi connectivity index (χ4n) is 1.51. The van der Waals surface area contributed by atoms with E-state index < -0.39 is 0 Å². The lowest BCUT2D eigenvalue weighted by atomic mass is 9.87. The summed E-state index contributed by atoms with van der Waals surface area (Å²) >= 11 is 0. The first-order chi connectivity index (χ1) is 8.38. The number of hydrogen-bond donors (Lipinski definition) is 1. The molecule has 5 heteroatoms. The topological polar surface area (TPSA) is 77.8 Å². The Morgan fingerprint density at radius 3 is 2.56 bits per heavy atom. The van der Waals surface area contributed by atoms with Gasteiger partial charge in [-0.3, -0.25) is 0 Å². The zero-order valence-corrected chi connectivity index (χ0v) is 11.1. The van der Waals surface area contributed by atoms with Gasteiger partial charge in [0, 0.05) is 5.69 Å². The van der Waals surface area contributed by atoms with Crippen LogP contribution in [0.2, 0.25) is 0 Å². The van der Waals surface area contributed by atoms with Crippen molar-refractivity contribution in [3.8, 4) is 11.6 Å². The number of hydrogen-bond acceptors (Lipinski definition) is 5. The standard InChI is InChI=1S/C13H18N4O/c1-8-6-5-7-9(15-8)12-16-11(17-18-12)10(14)13(2,3)4/h5-7,10H,14H2,1-4H3. The van der Waals surface area contributed by atoms with Crippen LogP contribution in [-0.2, 0) is 0 Å². The molecule has 96 valence electrons. The Morgan fingerprint density at radius 2 is 1.94 bits per heavy atom. The summed E-state index contributed by atoms with van der Waals surface area (Å²) in [5, 5.41) is 3.94. The summed E-state index contributed by atoms with van der Waals surface area (Å²) in [7, 11) is 0. The highest BCUT2D eigenvalue weighted by atomic mass is 16.5. The predicted octanol–water partition coefficient (Wildman–Crippen LogP) is 2.49. The van der Waals surface area contributed by atoms with Crippen molar-refractivity contribution in [2.24, 2.45) is 11.1 Å². The van der Waals surface area contributed by atoms with E-state index in [1.807, 2.05) is 45.9 Å². The van der Waals surface area contributed by atoms with Crippen LogP contribution < -0.4 is 5.73 Å². The lowest BCUT2D eigenvalue weighted by molar-refractivity contribution is 0.303. The highest BCUT2D eigenvalue weighted by molar-refractivity contribution is 5.46. The minimum atomic E-state index is -0.264. The van der Waals surface area contributed by atoms with Crippen LogP contribution in [0.1, 0.15) is 38.3 Å². The Labute approximate surface area is 106 Å². The van der Waals surface area contributed by atoms with Gasteiger partial charge in [-0.2, -0.15) is 4.98 Å². The van der Waals surface area contributed by atoms with Gasteiger partial charge in [0.15, 0.2) is 5.82 Å². The van der Waals surface area contributed by atoms with E-state index in [0.29, 0.717) is 17.4 Å². The van der Waals surface area contributed by atoms with E-state index >= 15 is 0 Å². The summed E-state index contributed by atoms with van der Waals surface area (Å²) in [6.07, 6.45) is 0. The molecule has 0 spiro atoms. The fourth-order valence-corrected chi connectivity index (χ4v) is 1.51. The summed E-state index contributed by atoms with van der Waals surface area (Å²) in [5.41, 5.74) is 7.56. The van der Waals surface area contributed by atoms with E-state index in [1.54, 1.807) is 0 Å². The van der Waals surface area contributed by atoms with Crippen LogP contribution in [-0.4, -0.2) is 15.1 Å². The van der Waals surface area contributed by atoms with E-state index in [2.05, 4.69) is 15.1 Å². The Bertz CT molecular complexity index is 542. The summed E-state index contributed by atoms with van der Waals surface area (Å²) in [6.45, 7) is 8.04. The molecule has 0 saturated carbocycles. The summed E-state index contributed by atoms with van der Waals surface area (Å²) in [6, 6.07) is 5.40. The highest BCUT2D eigenvalue weighted by Gasteiger charge is 2.27. The smallest absolute Gasteiger partial charge is 0.276 e. The van der Waals surface area contributed by atoms with E-state index in [-0.39, 0.29) is 11.5 Å². The minimum Gasteiger partial charge on any atom is -0.332 e. The van der Waals surface area contributed by atoms with Crippen LogP contribution in [0.4, 0.5) is 0 Å². The van der Waals surface area contributed by atoms with E-state index in [4.69, 9.17) is 10.3 Å². The lowest BCUT2D eigenvalue weighted by Crippen LogP contribution is -2.27. The second-order valence-electron chi connectivity index (χ2n) is 5.47. The molecule has 2 rings (SSSR count). The summed E-state index contributed by atoms with van der Waals surface area (Å²) in [5.74, 6) is 0.925. The van der Waals surface area contributed by atoms with Gasteiger partial charge in [0.05, 0.1) is 6.04 Å². The van der Waals surface area contributed by atoms with Crippen molar-refractivity contribution >= 4 is 0 Å². The lowest BCUT2D eigenvalue weighted by Gasteiger charge is -2.23. The maximum atomic E-state index is 6.09. The van der Waals surface area contributed by atoms with Crippen molar-refractivity contribution < 1.29 is 4.52 Å². The normalized spacial score (nSPS) is 13.6. The van der Waals surface area contributed by atoms with Crippen molar-refractivity contribution in [2.75, 3.05) is 0 Å². The molecule has 2 aromatic heterocycles. The molecule has 0 aliphatic heterocycles. The Balaban J connectivity index is 2.31. The number of rotatable bonds is 2. The molecule has 0 bridgehead atoms. The molecular weight excluding hydrogens is 228 g/mol. The van der Waals surface area contributed by atoms with Gasteiger partial charge in [-0.05, 0) is 24.5 Å². The third kappa shape index (κ3) is 2.56. The van der Waals surface area contributed by atoms with Crippen LogP contribution in [0.3, 0.4) is 0 Å². The van der Waals surface area contributed by atoms with Gasteiger partial charge in [0.25, 0.3) is 5.89 Å². The van der Waals surface area contributed by atoms with Gasteiger partial charge in [-0.1, -0.05) is 32.0 Å². The molecular formula is C13H18N4O. The average molecular weight is 246 g/mol. The number of nitrogens with two attached hydrogens (primary N) is 1. The van der Waals surface area contributed by atoms with Gasteiger partial charge in [0.1, 0.15) is 5.69 Å². The van der Waals surface area contributed by atoms with Gasteiger partial charge < -0.3 is 10.3 Å². The molecule has 1 unspecified atom stereocenters. The maximum Gasteiger partial charge on any atom is 0.276 e. The largest absolute Gasteiger partial charge is 0.332 e. The molecule has 2 aromatic rings. The van der Waals surface area contributed by atoms with Crippen LogP contribution in [0.5, 0.6) is 0 Å². The van der Waals surface area contributed by atoms with Crippen molar-refractivity contribution in [1.82, 2.24) is 15.1 Å². The molecule has 0 aliphatic carbocycles. The monoisotopic (exact) mass is 246 g/mol. The van der Waals surface area contributed by atoms with Crippen molar-refractivity contribution in [1.29, 1.82) is 0 Å². The predicted molar refractivity (Wildman–Crippen MR) is 68.6 cm³/mol. The Kier molecular flexibility index (Phi) is 3.17. The fraction of sp³-hybridized carbons (Fsp3) is 0.462. The van der Waals surface area contributed by atoms with Crippen LogP contribution in [0.25, 0.3) is 11.6 Å². The second-order valence-corrected chi connectivity index (χ2v) is 5.47. The van der Waals surface area contributed by atoms with E-state index in [0.717, 1.165) is 5.69 Å². The molecule has 0 fully saturated rings. The zero-order chi connectivity index (χ0) is 13.3. The van der Waals surface area contributed by atoms with Gasteiger partial charge >= 0.3 is 0 Å². The SMILES string of the molecule is Cc1cccc(-c2nc(C(N)C(C)(C)C)no2)n1. The van der Waals surface area contributed by atoms with E-state index in [9.17, 15) is 0 Å². The number of aryl methyl sites for hydroxylation is 1. The number of pyridine rings is 1. The molecule has 0 saturated heterocycles. The molecule has 0 aliphatic rings. The second kappa shape index (κ2) is 4.49. The number of nitrogens with zero attached hydrogens (tertiary/aromatic N) is 3. The number of aromatic nitrogens is 3. The molecule has 0 radical (unpaired) electrons. The van der Waals surface area contributed by atoms with Gasteiger partial charge in [-0.15, -0.1) is 0 Å². The molecule has 18 heavy (non-hydrogen) atoms. The Morgan fingerprint density at radius 1 is 1.22 bits per heavy atom. The molecule has 0 amide bonds. The first-order valence-corrected chi connectivity index (χ1v) is 5.91. The minimum absolute atomic E-state index is 0.110. The zero-order valence-electron chi connectivity index (χ0n) is 11.1. The summed E-state index contributed by atoms with van der Waals surface area (Å²) < 4.78 is 5.22. The average Bonchev–Trinajstić information content (AvgIpc) is 2.75. The van der Waals surface area contributed by atoms with Gasteiger partial charge in [-0.25, -0.2) is 4.98 Å². The summed E-state index contributed by atoms with van der Waals surface area (Å²) in [4.78, 5) is 8.66. The quantitative estimate of drug-likeness (QED) is 0.880. The Hall–Kier alpha value is -1.75. The van der Waals surface area contributed by atoms with Crippen molar-refractivity contribution in [3.63, 3.8) is 0 Å². The maximum absolute atomic E-state index is 6.09. The van der Waals surface area contributed by atoms with Gasteiger partial charge in [0.2, 0.25) is 0 Å². The van der Waals surface area contributed by atoms with Crippen molar-refractivity contribution in [2.45, 2.75) is 33.7 Å². The molecule has 2 heterocycles. The van der Waals surface area contributed by atoms with Crippen LogP contribution in [0.15, 0.2) is 22.7 Å². The van der Waals surface area contributed by atoms with Crippen molar-refractivity contribution in [3.05, 3.63) is 29.7 Å². The molecule has 5 nitrogen and oxygen atoms in total. The third-order valence-corrected chi connectivity index (χ3v) is 2.76. The molecule has 0 aromatic carbocycles. The first-order valence-electron chi connectivity index (χ1n) is 5.91. The highest BCUT2D eigenvalue weighted by Crippen LogP contribution is 2.29. The third-order valence-electron chi connectivity index (χ3n) is 2.76. The van der Waals surface area contributed by atoms with Crippen LogP contribution in [0, 0.1) is 12.3 Å². The molecule has 1 atom stereocenters. The van der Waals surface area contributed by atoms with E-state index in [1.165, 1.54) is 0 Å². The first kappa shape index (κ1) is 12.7. The van der Waals surface area contributed by atoms with Crippen LogP contribution >= 0.6 is 0 Å². The molecule has 2 N–H and O–H groups in total.